The lowest BCUT2D eigenvalue weighted by Crippen LogP contribution is -2.42. The number of phenols is 1. The van der Waals surface area contributed by atoms with Gasteiger partial charge in [-0.05, 0) is 78.3 Å². The van der Waals surface area contributed by atoms with E-state index >= 15 is 0 Å². The number of hydrogen-bond donors (Lipinski definition) is 3. The predicted molar refractivity (Wildman–Crippen MR) is 173 cm³/mol. The number of amides is 3. The number of nitrogens with one attached hydrogen (secondary N) is 2. The van der Waals surface area contributed by atoms with Crippen molar-refractivity contribution in [2.24, 2.45) is 29.6 Å². The number of H-pyrrole nitrogens is 1. The molecule has 3 aromatic carbocycles. The van der Waals surface area contributed by atoms with Crippen LogP contribution in [0.4, 0.5) is 11.4 Å². The Morgan fingerprint density at radius 3 is 2.46 bits per heavy atom. The molecule has 2 aliphatic carbocycles. The highest BCUT2D eigenvalue weighted by molar-refractivity contribution is 8.00. The minimum Gasteiger partial charge on any atom is -0.508 e. The van der Waals surface area contributed by atoms with E-state index in [1.54, 1.807) is 42.1 Å². The maximum Gasteiger partial charge on any atom is 0.305 e. The zero-order chi connectivity index (χ0) is 31.7. The number of aromatic nitrogens is 1. The number of aromatic amines is 1. The summed E-state index contributed by atoms with van der Waals surface area (Å²) in [5, 5.41) is 13.1. The number of thioether (sulfide) groups is 1. The van der Waals surface area contributed by atoms with Gasteiger partial charge in [-0.3, -0.25) is 24.1 Å². The first-order chi connectivity index (χ1) is 22.3. The summed E-state index contributed by atoms with van der Waals surface area (Å²) in [5.74, 6) is -0.589. The Kier molecular flexibility index (Phi) is 6.95. The number of phenolic OH excluding ortho intramolecular Hbond substituents is 1. The molecule has 4 aliphatic rings. The number of nitrogens with zero attached hydrogens (tertiary/aromatic N) is 1. The number of aromatic hydroxyl groups is 1. The normalized spacial score (nSPS) is 27.2. The van der Waals surface area contributed by atoms with E-state index in [-0.39, 0.29) is 69.8 Å². The highest BCUT2D eigenvalue weighted by atomic mass is 32.2. The van der Waals surface area contributed by atoms with Crippen molar-refractivity contribution in [2.45, 2.75) is 22.6 Å². The van der Waals surface area contributed by atoms with Crippen LogP contribution in [0, 0.1) is 29.6 Å². The molecule has 12 heteroatoms. The Labute approximate surface area is 271 Å². The molecule has 0 spiro atoms. The number of ether oxygens (including phenoxy) is 2. The second-order valence-corrected chi connectivity index (χ2v) is 14.3. The zero-order valence-corrected chi connectivity index (χ0v) is 26.2. The average Bonchev–Trinajstić information content (AvgIpc) is 3.80. The van der Waals surface area contributed by atoms with Gasteiger partial charge in [0.25, 0.3) is 5.91 Å². The molecule has 2 aliphatic heterocycles. The Hall–Kier alpha value is -4.55. The molecule has 8 rings (SSSR count). The first-order valence-electron chi connectivity index (χ1n) is 15.0. The van der Waals surface area contributed by atoms with Gasteiger partial charge in [-0.15, -0.1) is 11.8 Å². The number of thiazole rings is 1. The molecule has 1 saturated heterocycles. The van der Waals surface area contributed by atoms with Gasteiger partial charge < -0.3 is 24.9 Å². The summed E-state index contributed by atoms with van der Waals surface area (Å²) in [7, 11) is 1.53. The van der Waals surface area contributed by atoms with Gasteiger partial charge in [-0.2, -0.15) is 0 Å². The third kappa shape index (κ3) is 4.53. The largest absolute Gasteiger partial charge is 0.508 e. The number of anilines is 2. The van der Waals surface area contributed by atoms with Crippen LogP contribution in [0.25, 0.3) is 0 Å². The summed E-state index contributed by atoms with van der Waals surface area (Å²) in [4.78, 5) is 58.1. The molecule has 2 saturated carbocycles. The van der Waals surface area contributed by atoms with Crippen LogP contribution >= 0.6 is 23.1 Å². The van der Waals surface area contributed by atoms with Gasteiger partial charge in [0, 0.05) is 21.7 Å². The van der Waals surface area contributed by atoms with Gasteiger partial charge in [0.15, 0.2) is 18.1 Å². The molecule has 46 heavy (non-hydrogen) atoms. The van der Waals surface area contributed by atoms with Crippen LogP contribution in [-0.4, -0.2) is 46.8 Å². The fourth-order valence-electron chi connectivity index (χ4n) is 8.10. The molecule has 4 aromatic rings. The van der Waals surface area contributed by atoms with Crippen LogP contribution in [0.3, 0.4) is 0 Å². The van der Waals surface area contributed by atoms with E-state index in [1.807, 2.05) is 30.3 Å². The summed E-state index contributed by atoms with van der Waals surface area (Å²) in [6.45, 7) is -0.258. The maximum atomic E-state index is 13.9. The van der Waals surface area contributed by atoms with Crippen molar-refractivity contribution in [3.63, 3.8) is 0 Å². The average molecular weight is 656 g/mol. The fourth-order valence-corrected chi connectivity index (χ4v) is 11.0. The summed E-state index contributed by atoms with van der Waals surface area (Å²) in [6, 6.07) is 20.9. The number of hydrogen-bond acceptors (Lipinski definition) is 9. The van der Waals surface area contributed by atoms with Gasteiger partial charge in [-0.25, -0.2) is 0 Å². The Morgan fingerprint density at radius 1 is 0.978 bits per heavy atom. The molecule has 3 N–H and O–H groups in total. The van der Waals surface area contributed by atoms with E-state index in [9.17, 15) is 24.3 Å². The Morgan fingerprint density at radius 2 is 1.72 bits per heavy atom. The van der Waals surface area contributed by atoms with Gasteiger partial charge in [0.1, 0.15) is 5.75 Å². The van der Waals surface area contributed by atoms with Crippen molar-refractivity contribution in [1.82, 2.24) is 4.98 Å². The van der Waals surface area contributed by atoms with E-state index in [0.29, 0.717) is 22.9 Å². The standard InChI is InChI=1S/C34H29N3O7S2/c1-43-23-13-16(7-12-22(23)44-15-24(39)35-17-8-10-19(38)11-9-17)25-26-20-14-21(29(26)45-31-30(25)46-34(42)36-31)28-27(20)32(40)37(33(28)41)18-5-3-2-4-6-18/h2-13,20-21,25-29,38H,14-15H2,1H3,(H,35,39)(H,36,42)/t20-,21-,25-,26?,27?,28?,29?/m1/s1. The van der Waals surface area contributed by atoms with Crippen molar-refractivity contribution in [3.8, 4) is 17.2 Å². The molecule has 3 heterocycles. The van der Waals surface area contributed by atoms with Crippen molar-refractivity contribution < 1.29 is 29.0 Å². The van der Waals surface area contributed by atoms with Crippen LogP contribution in [0.2, 0.25) is 0 Å². The molecule has 1 aromatic heterocycles. The van der Waals surface area contributed by atoms with Crippen molar-refractivity contribution in [3.05, 3.63) is 92.9 Å². The monoisotopic (exact) mass is 655 g/mol. The fraction of sp³-hybridized carbons (Fsp3) is 0.294. The number of imide groups is 1. The SMILES string of the molecule is COc1cc([C@H]2c3sc(=O)[nH]c3SC3C2[C@H]2C[C@@H]3C3C(=O)N(c4ccccc4)C(=O)C32)ccc1OCC(=O)Nc1ccc(O)cc1. The molecule has 7 atom stereocenters. The van der Waals surface area contributed by atoms with Crippen molar-refractivity contribution in [2.75, 3.05) is 23.9 Å². The summed E-state index contributed by atoms with van der Waals surface area (Å²) in [5.41, 5.74) is 2.06. The third-order valence-corrected chi connectivity index (χ3v) is 12.4. The number of rotatable bonds is 7. The van der Waals surface area contributed by atoms with Gasteiger partial charge in [0.05, 0.1) is 29.7 Å². The Balaban J connectivity index is 1.09. The minimum absolute atomic E-state index is 0.0152. The second-order valence-electron chi connectivity index (χ2n) is 12.1. The van der Waals surface area contributed by atoms with E-state index in [4.69, 9.17) is 9.47 Å². The van der Waals surface area contributed by atoms with Crippen LogP contribution in [0.15, 0.2) is 82.6 Å². The smallest absolute Gasteiger partial charge is 0.305 e. The lowest BCUT2D eigenvalue weighted by Gasteiger charge is -2.43. The summed E-state index contributed by atoms with van der Waals surface area (Å²) < 4.78 is 11.6. The van der Waals surface area contributed by atoms with Gasteiger partial charge in [0.2, 0.25) is 11.8 Å². The molecular formula is C34H29N3O7S2. The summed E-state index contributed by atoms with van der Waals surface area (Å²) >= 11 is 2.84. The number of fused-ring (bicyclic) bond motifs is 9. The Bertz CT molecular complexity index is 1920. The molecule has 3 fully saturated rings. The van der Waals surface area contributed by atoms with Crippen molar-refractivity contribution >= 4 is 52.2 Å². The number of benzene rings is 3. The number of carbonyl (C=O) groups is 3. The quantitative estimate of drug-likeness (QED) is 0.190. The highest BCUT2D eigenvalue weighted by Crippen LogP contribution is 2.68. The zero-order valence-electron chi connectivity index (χ0n) is 24.5. The maximum absolute atomic E-state index is 13.9. The lowest BCUT2D eigenvalue weighted by atomic mass is 9.68. The topological polar surface area (TPSA) is 138 Å². The number of para-hydroxylation sites is 1. The second kappa shape index (κ2) is 11.1. The molecule has 2 bridgehead atoms. The van der Waals surface area contributed by atoms with Crippen LogP contribution in [0.1, 0.15) is 22.8 Å². The first kappa shape index (κ1) is 28.9. The molecule has 0 radical (unpaired) electrons. The van der Waals surface area contributed by atoms with Crippen LogP contribution in [-0.2, 0) is 14.4 Å². The third-order valence-electron chi connectivity index (χ3n) is 9.79. The molecule has 4 unspecified atom stereocenters. The highest BCUT2D eigenvalue weighted by Gasteiger charge is 2.69. The van der Waals surface area contributed by atoms with E-state index < -0.39 is 5.92 Å². The minimum atomic E-state index is -0.393. The lowest BCUT2D eigenvalue weighted by molar-refractivity contribution is -0.123. The van der Waals surface area contributed by atoms with Crippen LogP contribution in [0.5, 0.6) is 17.2 Å². The molecule has 3 amide bonds. The molecule has 10 nitrogen and oxygen atoms in total. The predicted octanol–water partition coefficient (Wildman–Crippen LogP) is 4.85. The number of carbonyl (C=O) groups excluding carboxylic acids is 3. The molecular weight excluding hydrogens is 627 g/mol. The van der Waals surface area contributed by atoms with E-state index in [1.165, 1.54) is 35.5 Å². The van der Waals surface area contributed by atoms with E-state index in [2.05, 4.69) is 10.3 Å². The van der Waals surface area contributed by atoms with E-state index in [0.717, 1.165) is 21.9 Å². The molecule has 234 valence electrons. The first-order valence-corrected chi connectivity index (χ1v) is 16.7. The van der Waals surface area contributed by atoms with Gasteiger partial charge >= 0.3 is 4.87 Å². The number of methoxy groups -OCH3 is 1. The van der Waals surface area contributed by atoms with Crippen molar-refractivity contribution in [1.29, 1.82) is 0 Å². The van der Waals surface area contributed by atoms with Crippen LogP contribution < -0.4 is 24.6 Å². The summed E-state index contributed by atoms with van der Waals surface area (Å²) in [6.07, 6.45) is 0.794. The van der Waals surface area contributed by atoms with Gasteiger partial charge in [-0.1, -0.05) is 35.6 Å².